The van der Waals surface area contributed by atoms with Crippen molar-refractivity contribution in [2.75, 3.05) is 0 Å². The lowest BCUT2D eigenvalue weighted by molar-refractivity contribution is -0.167. The van der Waals surface area contributed by atoms with Crippen LogP contribution in [0.25, 0.3) is 0 Å². The smallest absolute Gasteiger partial charge is 0.331 e. The number of carbonyl (C=O) groups is 4. The third-order valence-electron chi connectivity index (χ3n) is 3.40. The SMILES string of the molecule is CC(=O)O[C@@H](C)[C@H](C[C@H](/C=C\[C@@H]1CC=CC(=O)O1)OC(C)=O)OC(C)=O. The molecule has 1 rings (SSSR count). The fraction of sp³-hybridized carbons (Fsp3) is 0.556. The lowest BCUT2D eigenvalue weighted by Gasteiger charge is -2.26. The molecular formula is C18H24O8. The Morgan fingerprint density at radius 3 is 2.31 bits per heavy atom. The van der Waals surface area contributed by atoms with Crippen LogP contribution in [0.2, 0.25) is 0 Å². The minimum absolute atomic E-state index is 0.0839. The molecule has 0 aromatic carbocycles. The van der Waals surface area contributed by atoms with Gasteiger partial charge in [-0.25, -0.2) is 4.79 Å². The minimum Gasteiger partial charge on any atom is -0.459 e. The Morgan fingerprint density at radius 2 is 1.77 bits per heavy atom. The summed E-state index contributed by atoms with van der Waals surface area (Å²) in [5.74, 6) is -2.04. The third-order valence-corrected chi connectivity index (χ3v) is 3.40. The molecule has 0 bridgehead atoms. The fourth-order valence-electron chi connectivity index (χ4n) is 2.40. The molecule has 26 heavy (non-hydrogen) atoms. The van der Waals surface area contributed by atoms with Gasteiger partial charge >= 0.3 is 23.9 Å². The van der Waals surface area contributed by atoms with E-state index in [0.29, 0.717) is 6.42 Å². The van der Waals surface area contributed by atoms with Crippen molar-refractivity contribution in [1.29, 1.82) is 0 Å². The molecule has 4 atom stereocenters. The van der Waals surface area contributed by atoms with Crippen LogP contribution in [0.5, 0.6) is 0 Å². The summed E-state index contributed by atoms with van der Waals surface area (Å²) >= 11 is 0. The van der Waals surface area contributed by atoms with Gasteiger partial charge in [-0.1, -0.05) is 6.08 Å². The molecule has 0 unspecified atom stereocenters. The quantitative estimate of drug-likeness (QED) is 0.361. The first-order valence-corrected chi connectivity index (χ1v) is 8.24. The molecule has 0 aromatic heterocycles. The maximum absolute atomic E-state index is 11.4. The van der Waals surface area contributed by atoms with E-state index in [4.69, 9.17) is 18.9 Å². The van der Waals surface area contributed by atoms with E-state index in [1.54, 1.807) is 25.2 Å². The van der Waals surface area contributed by atoms with Crippen molar-refractivity contribution in [3.63, 3.8) is 0 Å². The van der Waals surface area contributed by atoms with E-state index in [2.05, 4.69) is 0 Å². The number of ether oxygens (including phenoxy) is 4. The van der Waals surface area contributed by atoms with Crippen LogP contribution in [0.1, 0.15) is 40.5 Å². The van der Waals surface area contributed by atoms with Crippen LogP contribution < -0.4 is 0 Å². The molecule has 0 fully saturated rings. The average Bonchev–Trinajstić information content (AvgIpc) is 2.50. The van der Waals surface area contributed by atoms with E-state index in [9.17, 15) is 19.2 Å². The van der Waals surface area contributed by atoms with Crippen molar-refractivity contribution in [2.24, 2.45) is 0 Å². The molecule has 0 amide bonds. The number of cyclic esters (lactones) is 1. The number of esters is 4. The van der Waals surface area contributed by atoms with Crippen LogP contribution in [0.4, 0.5) is 0 Å². The first kappa shape index (κ1) is 21.4. The van der Waals surface area contributed by atoms with Gasteiger partial charge in [0.05, 0.1) is 0 Å². The van der Waals surface area contributed by atoms with Crippen molar-refractivity contribution in [2.45, 2.75) is 65.0 Å². The molecule has 8 nitrogen and oxygen atoms in total. The summed E-state index contributed by atoms with van der Waals surface area (Å²) in [5.41, 5.74) is 0. The number of hydrogen-bond donors (Lipinski definition) is 0. The molecule has 0 saturated carbocycles. The lowest BCUT2D eigenvalue weighted by Crippen LogP contribution is -2.36. The number of carbonyl (C=O) groups excluding carboxylic acids is 4. The van der Waals surface area contributed by atoms with Gasteiger partial charge in [-0.2, -0.15) is 0 Å². The zero-order chi connectivity index (χ0) is 19.7. The Hall–Kier alpha value is -2.64. The summed E-state index contributed by atoms with van der Waals surface area (Å²) in [5, 5.41) is 0. The van der Waals surface area contributed by atoms with Gasteiger partial charge in [0.25, 0.3) is 0 Å². The molecule has 8 heteroatoms. The second-order valence-corrected chi connectivity index (χ2v) is 5.84. The summed E-state index contributed by atoms with van der Waals surface area (Å²) in [6.45, 7) is 5.31. The predicted molar refractivity (Wildman–Crippen MR) is 89.7 cm³/mol. The van der Waals surface area contributed by atoms with Crippen LogP contribution in [0.15, 0.2) is 24.3 Å². The van der Waals surface area contributed by atoms with Gasteiger partial charge in [0.1, 0.15) is 24.4 Å². The molecule has 0 N–H and O–H groups in total. The van der Waals surface area contributed by atoms with Crippen molar-refractivity contribution in [3.05, 3.63) is 24.3 Å². The molecule has 0 spiro atoms. The Morgan fingerprint density at radius 1 is 1.15 bits per heavy atom. The zero-order valence-corrected chi connectivity index (χ0v) is 15.3. The Balaban J connectivity index is 2.84. The predicted octanol–water partition coefficient (Wildman–Crippen LogP) is 1.62. The highest BCUT2D eigenvalue weighted by atomic mass is 16.6. The molecule has 0 saturated heterocycles. The first-order chi connectivity index (χ1) is 12.2. The summed E-state index contributed by atoms with van der Waals surface area (Å²) in [7, 11) is 0. The maximum atomic E-state index is 11.4. The van der Waals surface area contributed by atoms with Crippen LogP contribution >= 0.6 is 0 Å². The fourth-order valence-corrected chi connectivity index (χ4v) is 2.40. The van der Waals surface area contributed by atoms with Gasteiger partial charge in [0.15, 0.2) is 0 Å². The molecular weight excluding hydrogens is 344 g/mol. The van der Waals surface area contributed by atoms with Crippen molar-refractivity contribution in [3.8, 4) is 0 Å². The minimum atomic E-state index is -0.806. The van der Waals surface area contributed by atoms with E-state index in [-0.39, 0.29) is 6.42 Å². The van der Waals surface area contributed by atoms with Gasteiger partial charge in [0, 0.05) is 39.7 Å². The topological polar surface area (TPSA) is 105 Å². The molecule has 0 radical (unpaired) electrons. The normalized spacial score (nSPS) is 20.0. The highest BCUT2D eigenvalue weighted by Crippen LogP contribution is 2.17. The van der Waals surface area contributed by atoms with E-state index < -0.39 is 48.3 Å². The van der Waals surface area contributed by atoms with E-state index in [0.717, 1.165) is 0 Å². The highest BCUT2D eigenvalue weighted by Gasteiger charge is 2.27. The van der Waals surface area contributed by atoms with Crippen LogP contribution in [0, 0.1) is 0 Å². The summed E-state index contributed by atoms with van der Waals surface area (Å²) < 4.78 is 20.6. The molecule has 1 heterocycles. The largest absolute Gasteiger partial charge is 0.459 e. The maximum Gasteiger partial charge on any atom is 0.331 e. The Labute approximate surface area is 152 Å². The van der Waals surface area contributed by atoms with Gasteiger partial charge in [0.2, 0.25) is 0 Å². The number of hydrogen-bond acceptors (Lipinski definition) is 8. The molecule has 0 aliphatic carbocycles. The van der Waals surface area contributed by atoms with Gasteiger partial charge < -0.3 is 18.9 Å². The van der Waals surface area contributed by atoms with Crippen LogP contribution in [0.3, 0.4) is 0 Å². The lowest BCUT2D eigenvalue weighted by atomic mass is 10.1. The van der Waals surface area contributed by atoms with Gasteiger partial charge in [-0.05, 0) is 19.1 Å². The van der Waals surface area contributed by atoms with Gasteiger partial charge in [-0.15, -0.1) is 0 Å². The van der Waals surface area contributed by atoms with E-state index in [1.807, 2.05) is 0 Å². The molecule has 1 aliphatic rings. The van der Waals surface area contributed by atoms with Crippen molar-refractivity contribution < 1.29 is 38.1 Å². The monoisotopic (exact) mass is 368 g/mol. The molecule has 144 valence electrons. The highest BCUT2D eigenvalue weighted by molar-refractivity contribution is 5.82. The Bertz CT molecular complexity index is 592. The zero-order valence-electron chi connectivity index (χ0n) is 15.3. The van der Waals surface area contributed by atoms with E-state index in [1.165, 1.54) is 26.8 Å². The summed E-state index contributed by atoms with van der Waals surface area (Å²) in [6, 6.07) is 0. The van der Waals surface area contributed by atoms with Crippen molar-refractivity contribution in [1.82, 2.24) is 0 Å². The second kappa shape index (κ2) is 10.4. The second-order valence-electron chi connectivity index (χ2n) is 5.84. The number of rotatable bonds is 8. The standard InChI is InChI=1S/C18H24O8/c1-11(23-12(2)19)17(25-14(4)21)10-16(24-13(3)20)9-8-15-6-5-7-18(22)26-15/h5,7-9,11,15-17H,6,10H2,1-4H3/b9-8-/t11-,15-,16-,17-/m0/s1. The van der Waals surface area contributed by atoms with E-state index >= 15 is 0 Å². The third kappa shape index (κ3) is 8.46. The van der Waals surface area contributed by atoms with Gasteiger partial charge in [-0.3, -0.25) is 14.4 Å². The molecule has 0 aromatic rings. The first-order valence-electron chi connectivity index (χ1n) is 8.24. The molecule has 1 aliphatic heterocycles. The summed E-state index contributed by atoms with van der Waals surface area (Å²) in [6.07, 6.45) is 4.04. The van der Waals surface area contributed by atoms with Crippen LogP contribution in [-0.2, 0) is 38.1 Å². The van der Waals surface area contributed by atoms with Crippen LogP contribution in [-0.4, -0.2) is 48.3 Å². The average molecular weight is 368 g/mol. The summed E-state index contributed by atoms with van der Waals surface area (Å²) in [4.78, 5) is 45.1. The van der Waals surface area contributed by atoms with Crippen molar-refractivity contribution >= 4 is 23.9 Å². The Kier molecular flexibility index (Phi) is 8.54.